The zero-order chi connectivity index (χ0) is 17.0. The average Bonchev–Trinajstić information content (AvgIpc) is 2.48. The van der Waals surface area contributed by atoms with Gasteiger partial charge in [-0.2, -0.15) is 0 Å². The Bertz CT molecular complexity index is 767. The Morgan fingerprint density at radius 1 is 1.39 bits per heavy atom. The SMILES string of the molecule is Cc1cccc([N+](=O)[O-])c1NC(=O)COc1ccc(Br)cc1F. The highest BCUT2D eigenvalue weighted by Crippen LogP contribution is 2.27. The summed E-state index contributed by atoms with van der Waals surface area (Å²) in [4.78, 5) is 22.3. The number of hydrogen-bond donors (Lipinski definition) is 1. The van der Waals surface area contributed by atoms with Gasteiger partial charge in [0.15, 0.2) is 18.2 Å². The lowest BCUT2D eigenvalue weighted by Gasteiger charge is -2.10. The third-order valence-electron chi connectivity index (χ3n) is 2.96. The molecule has 0 saturated carbocycles. The molecule has 0 fully saturated rings. The largest absolute Gasteiger partial charge is 0.481 e. The van der Waals surface area contributed by atoms with Crippen molar-refractivity contribution in [2.75, 3.05) is 11.9 Å². The number of nitro groups is 1. The first-order valence-electron chi connectivity index (χ1n) is 6.50. The molecule has 0 aromatic heterocycles. The maximum Gasteiger partial charge on any atom is 0.293 e. The molecule has 0 aliphatic heterocycles. The van der Waals surface area contributed by atoms with Gasteiger partial charge in [0.05, 0.1) is 4.92 Å². The molecule has 6 nitrogen and oxygen atoms in total. The Labute approximate surface area is 139 Å². The number of amides is 1. The third kappa shape index (κ3) is 4.26. The standard InChI is InChI=1S/C15H12BrFN2O4/c1-9-3-2-4-12(19(21)22)15(9)18-14(20)8-23-13-6-5-10(16)7-11(13)17/h2-7H,8H2,1H3,(H,18,20). The molecule has 0 unspecified atom stereocenters. The average molecular weight is 383 g/mol. The maximum absolute atomic E-state index is 13.6. The van der Waals surface area contributed by atoms with Crippen molar-refractivity contribution in [2.24, 2.45) is 0 Å². The van der Waals surface area contributed by atoms with Crippen LogP contribution in [0.3, 0.4) is 0 Å². The number of carbonyl (C=O) groups is 1. The van der Waals surface area contributed by atoms with Crippen molar-refractivity contribution in [1.82, 2.24) is 0 Å². The minimum absolute atomic E-state index is 0.0809. The van der Waals surface area contributed by atoms with E-state index in [-0.39, 0.29) is 17.1 Å². The number of para-hydroxylation sites is 1. The molecule has 1 N–H and O–H groups in total. The molecule has 2 aromatic rings. The van der Waals surface area contributed by atoms with Gasteiger partial charge in [-0.3, -0.25) is 14.9 Å². The number of rotatable bonds is 5. The Kier molecular flexibility index (Phi) is 5.28. The van der Waals surface area contributed by atoms with Gasteiger partial charge in [-0.1, -0.05) is 28.1 Å². The van der Waals surface area contributed by atoms with Crippen LogP contribution in [0.1, 0.15) is 5.56 Å². The summed E-state index contributed by atoms with van der Waals surface area (Å²) in [5.41, 5.74) is 0.429. The first-order chi connectivity index (χ1) is 10.9. The summed E-state index contributed by atoms with van der Waals surface area (Å²) in [6, 6.07) is 8.61. The molecule has 120 valence electrons. The molecule has 0 radical (unpaired) electrons. The van der Waals surface area contributed by atoms with E-state index >= 15 is 0 Å². The molecular weight excluding hydrogens is 371 g/mol. The van der Waals surface area contributed by atoms with Gasteiger partial charge in [-0.25, -0.2) is 4.39 Å². The summed E-state index contributed by atoms with van der Waals surface area (Å²) in [6.45, 7) is 1.17. The molecule has 23 heavy (non-hydrogen) atoms. The second-order valence-corrected chi connectivity index (χ2v) is 5.55. The number of aryl methyl sites for hydroxylation is 1. The quantitative estimate of drug-likeness (QED) is 0.629. The summed E-state index contributed by atoms with van der Waals surface area (Å²) in [5, 5.41) is 13.4. The van der Waals surface area contributed by atoms with E-state index in [0.717, 1.165) is 0 Å². The smallest absolute Gasteiger partial charge is 0.293 e. The fourth-order valence-corrected chi connectivity index (χ4v) is 2.21. The molecular formula is C15H12BrFN2O4. The molecule has 0 aliphatic rings. The molecule has 1 amide bonds. The van der Waals surface area contributed by atoms with Gasteiger partial charge in [0, 0.05) is 10.5 Å². The topological polar surface area (TPSA) is 81.5 Å². The number of anilines is 1. The highest BCUT2D eigenvalue weighted by atomic mass is 79.9. The lowest BCUT2D eigenvalue weighted by Crippen LogP contribution is -2.21. The molecule has 8 heteroatoms. The van der Waals surface area contributed by atoms with Gasteiger partial charge < -0.3 is 10.1 Å². The van der Waals surface area contributed by atoms with Crippen LogP contribution >= 0.6 is 15.9 Å². The number of nitro benzene ring substituents is 1. The number of benzene rings is 2. The monoisotopic (exact) mass is 382 g/mol. The van der Waals surface area contributed by atoms with E-state index < -0.39 is 23.3 Å². The van der Waals surface area contributed by atoms with Gasteiger partial charge in [-0.15, -0.1) is 0 Å². The molecule has 0 bridgehead atoms. The Hall–Kier alpha value is -2.48. The van der Waals surface area contributed by atoms with Crippen molar-refractivity contribution in [3.8, 4) is 5.75 Å². The summed E-state index contributed by atoms with van der Waals surface area (Å²) in [5.74, 6) is -1.32. The van der Waals surface area contributed by atoms with Gasteiger partial charge in [0.1, 0.15) is 5.69 Å². The predicted octanol–water partition coefficient (Wildman–Crippen LogP) is 3.82. The summed E-state index contributed by atoms with van der Waals surface area (Å²) >= 11 is 3.11. The van der Waals surface area contributed by atoms with E-state index in [0.29, 0.717) is 10.0 Å². The molecule has 0 spiro atoms. The van der Waals surface area contributed by atoms with Gasteiger partial charge in [0.2, 0.25) is 0 Å². The maximum atomic E-state index is 13.6. The van der Waals surface area contributed by atoms with Crippen LogP contribution in [0.25, 0.3) is 0 Å². The zero-order valence-corrected chi connectivity index (χ0v) is 13.6. The first-order valence-corrected chi connectivity index (χ1v) is 7.29. The lowest BCUT2D eigenvalue weighted by molar-refractivity contribution is -0.384. The number of hydrogen-bond acceptors (Lipinski definition) is 4. The van der Waals surface area contributed by atoms with E-state index in [2.05, 4.69) is 21.2 Å². The predicted molar refractivity (Wildman–Crippen MR) is 86.1 cm³/mol. The number of halogens is 2. The van der Waals surface area contributed by atoms with E-state index in [4.69, 9.17) is 4.74 Å². The Balaban J connectivity index is 2.07. The normalized spacial score (nSPS) is 10.2. The van der Waals surface area contributed by atoms with Crippen LogP contribution < -0.4 is 10.1 Å². The van der Waals surface area contributed by atoms with Crippen LogP contribution in [0.2, 0.25) is 0 Å². The van der Waals surface area contributed by atoms with Crippen LogP contribution in [-0.2, 0) is 4.79 Å². The molecule has 2 aromatic carbocycles. The highest BCUT2D eigenvalue weighted by molar-refractivity contribution is 9.10. The van der Waals surface area contributed by atoms with Crippen molar-refractivity contribution < 1.29 is 18.8 Å². The highest BCUT2D eigenvalue weighted by Gasteiger charge is 2.18. The lowest BCUT2D eigenvalue weighted by atomic mass is 10.1. The van der Waals surface area contributed by atoms with Gasteiger partial charge in [-0.05, 0) is 30.7 Å². The van der Waals surface area contributed by atoms with Crippen LogP contribution in [0.15, 0.2) is 40.9 Å². The van der Waals surface area contributed by atoms with Crippen LogP contribution in [0.5, 0.6) is 5.75 Å². The molecule has 0 saturated heterocycles. The third-order valence-corrected chi connectivity index (χ3v) is 3.46. The van der Waals surface area contributed by atoms with Crippen molar-refractivity contribution >= 4 is 33.2 Å². The Morgan fingerprint density at radius 2 is 2.13 bits per heavy atom. The van der Waals surface area contributed by atoms with Gasteiger partial charge in [0.25, 0.3) is 11.6 Å². The first kappa shape index (κ1) is 16.9. The van der Waals surface area contributed by atoms with Crippen LogP contribution in [0, 0.1) is 22.9 Å². The second-order valence-electron chi connectivity index (χ2n) is 4.64. The minimum atomic E-state index is -0.621. The van der Waals surface area contributed by atoms with E-state index in [9.17, 15) is 19.3 Å². The number of carbonyl (C=O) groups excluding carboxylic acids is 1. The minimum Gasteiger partial charge on any atom is -0.481 e. The molecule has 0 heterocycles. The van der Waals surface area contributed by atoms with E-state index in [1.165, 1.54) is 24.3 Å². The van der Waals surface area contributed by atoms with Crippen molar-refractivity contribution in [1.29, 1.82) is 0 Å². The number of nitrogens with one attached hydrogen (secondary N) is 1. The second kappa shape index (κ2) is 7.19. The molecule has 2 rings (SSSR count). The van der Waals surface area contributed by atoms with Crippen molar-refractivity contribution in [3.63, 3.8) is 0 Å². The summed E-state index contributed by atoms with van der Waals surface area (Å²) < 4.78 is 19.2. The van der Waals surface area contributed by atoms with Crippen molar-refractivity contribution in [3.05, 3.63) is 62.4 Å². The summed E-state index contributed by atoms with van der Waals surface area (Å²) in [6.07, 6.45) is 0. The van der Waals surface area contributed by atoms with Crippen molar-refractivity contribution in [2.45, 2.75) is 6.92 Å². The van der Waals surface area contributed by atoms with E-state index in [1.54, 1.807) is 19.1 Å². The van der Waals surface area contributed by atoms with E-state index in [1.807, 2.05) is 0 Å². The summed E-state index contributed by atoms with van der Waals surface area (Å²) in [7, 11) is 0. The van der Waals surface area contributed by atoms with Gasteiger partial charge >= 0.3 is 0 Å². The number of nitrogens with zero attached hydrogens (tertiary/aromatic N) is 1. The molecule has 0 atom stereocenters. The fourth-order valence-electron chi connectivity index (χ4n) is 1.88. The fraction of sp³-hybridized carbons (Fsp3) is 0.133. The van der Waals surface area contributed by atoms with Crippen LogP contribution in [0.4, 0.5) is 15.8 Å². The van der Waals surface area contributed by atoms with Crippen LogP contribution in [-0.4, -0.2) is 17.4 Å². The Morgan fingerprint density at radius 3 is 2.78 bits per heavy atom. The zero-order valence-electron chi connectivity index (χ0n) is 12.0. The number of ether oxygens (including phenoxy) is 1. The molecule has 0 aliphatic carbocycles.